The number of hydrogen-bond acceptors (Lipinski definition) is 5. The Kier molecular flexibility index (Phi) is 4.56. The molecule has 4 N–H and O–H groups in total. The number of aromatic nitrogens is 1. The van der Waals surface area contributed by atoms with Crippen molar-refractivity contribution >= 4 is 5.97 Å². The van der Waals surface area contributed by atoms with Crippen molar-refractivity contribution in [3.05, 3.63) is 29.1 Å². The Morgan fingerprint density at radius 3 is 2.59 bits per heavy atom. The van der Waals surface area contributed by atoms with E-state index in [0.717, 1.165) is 0 Å². The molecule has 0 aliphatic heterocycles. The van der Waals surface area contributed by atoms with Gasteiger partial charge in [0.25, 0.3) is 0 Å². The first-order valence-electron chi connectivity index (χ1n) is 5.14. The topological polar surface area (TPSA) is 111 Å². The number of pyridine rings is 1. The molecule has 1 rings (SSSR count). The molecule has 6 heteroatoms. The second-order valence-electron chi connectivity index (χ2n) is 3.76. The molecule has 0 fully saturated rings. The summed E-state index contributed by atoms with van der Waals surface area (Å²) < 4.78 is 0. The summed E-state index contributed by atoms with van der Waals surface area (Å²) in [5.74, 6) is -1.14. The molecule has 0 aliphatic carbocycles. The Balaban J connectivity index is 2.93. The van der Waals surface area contributed by atoms with E-state index >= 15 is 0 Å². The van der Waals surface area contributed by atoms with E-state index in [4.69, 9.17) is 10.2 Å². The maximum absolute atomic E-state index is 10.7. The quantitative estimate of drug-likeness (QED) is 0.571. The van der Waals surface area contributed by atoms with Gasteiger partial charge < -0.3 is 20.4 Å². The van der Waals surface area contributed by atoms with Gasteiger partial charge in [-0.1, -0.05) is 0 Å². The van der Waals surface area contributed by atoms with Crippen LogP contribution >= 0.6 is 0 Å². The summed E-state index contributed by atoms with van der Waals surface area (Å²) in [6.45, 7) is 1.32. The standard InChI is InChI=1S/C11H15NO5/c1-6-4-7(5-12-9(6)11(16)17)10(15)8(14)2-3-13/h4-5,8,10,13-15H,2-3H2,1H3,(H,16,17). The molecule has 6 nitrogen and oxygen atoms in total. The minimum absolute atomic E-state index is 0.0426. The van der Waals surface area contributed by atoms with E-state index in [2.05, 4.69) is 4.98 Å². The zero-order valence-electron chi connectivity index (χ0n) is 9.37. The Hall–Kier alpha value is -1.50. The number of aromatic carboxylic acids is 1. The number of carboxylic acids is 1. The van der Waals surface area contributed by atoms with Crippen molar-refractivity contribution < 1.29 is 25.2 Å². The van der Waals surface area contributed by atoms with Crippen molar-refractivity contribution in [2.24, 2.45) is 0 Å². The minimum Gasteiger partial charge on any atom is -0.477 e. The number of hydrogen-bond donors (Lipinski definition) is 4. The van der Waals surface area contributed by atoms with Gasteiger partial charge >= 0.3 is 5.97 Å². The number of aliphatic hydroxyl groups is 3. The number of carboxylic acid groups (broad SMARTS) is 1. The average molecular weight is 241 g/mol. The van der Waals surface area contributed by atoms with Gasteiger partial charge in [0.2, 0.25) is 0 Å². The van der Waals surface area contributed by atoms with Crippen LogP contribution in [0.25, 0.3) is 0 Å². The molecule has 1 aromatic heterocycles. The van der Waals surface area contributed by atoms with Gasteiger partial charge in [-0.3, -0.25) is 0 Å². The molecule has 0 spiro atoms. The number of aryl methyl sites for hydroxylation is 1. The predicted octanol–water partition coefficient (Wildman–Crippen LogP) is -0.135. The Morgan fingerprint density at radius 1 is 1.47 bits per heavy atom. The summed E-state index contributed by atoms with van der Waals surface area (Å²) >= 11 is 0. The van der Waals surface area contributed by atoms with Gasteiger partial charge in [-0.05, 0) is 25.0 Å². The molecule has 0 saturated carbocycles. The molecular weight excluding hydrogens is 226 g/mol. The highest BCUT2D eigenvalue weighted by Gasteiger charge is 2.19. The van der Waals surface area contributed by atoms with E-state index in [1.165, 1.54) is 12.3 Å². The first-order valence-corrected chi connectivity index (χ1v) is 5.14. The molecule has 0 radical (unpaired) electrons. The lowest BCUT2D eigenvalue weighted by molar-refractivity contribution is 0.00399. The van der Waals surface area contributed by atoms with Gasteiger partial charge in [0.15, 0.2) is 5.69 Å². The summed E-state index contributed by atoms with van der Waals surface area (Å²) in [5.41, 5.74) is 0.649. The molecule has 1 aromatic rings. The van der Waals surface area contributed by atoms with E-state index in [-0.39, 0.29) is 18.7 Å². The van der Waals surface area contributed by atoms with Crippen molar-refractivity contribution in [2.45, 2.75) is 25.6 Å². The summed E-state index contributed by atoms with van der Waals surface area (Å²) in [5, 5.41) is 36.6. The van der Waals surface area contributed by atoms with Crippen LogP contribution in [-0.4, -0.2) is 44.1 Å². The molecule has 0 aromatic carbocycles. The smallest absolute Gasteiger partial charge is 0.354 e. The van der Waals surface area contributed by atoms with Gasteiger partial charge in [-0.15, -0.1) is 0 Å². The number of nitrogens with zero attached hydrogens (tertiary/aromatic N) is 1. The highest BCUT2D eigenvalue weighted by atomic mass is 16.4. The van der Waals surface area contributed by atoms with E-state index in [1.807, 2.05) is 0 Å². The average Bonchev–Trinajstić information content (AvgIpc) is 2.27. The number of aliphatic hydroxyl groups excluding tert-OH is 3. The molecular formula is C11H15NO5. The third-order valence-electron chi connectivity index (χ3n) is 2.43. The predicted molar refractivity (Wildman–Crippen MR) is 58.6 cm³/mol. The highest BCUT2D eigenvalue weighted by Crippen LogP contribution is 2.20. The van der Waals surface area contributed by atoms with Gasteiger partial charge in [0.05, 0.1) is 6.10 Å². The van der Waals surface area contributed by atoms with Crippen LogP contribution in [0.4, 0.5) is 0 Å². The second kappa shape index (κ2) is 5.72. The Labute approximate surface area is 98.2 Å². The Bertz CT molecular complexity index is 407. The van der Waals surface area contributed by atoms with Gasteiger partial charge in [-0.2, -0.15) is 0 Å². The maximum Gasteiger partial charge on any atom is 0.354 e. The van der Waals surface area contributed by atoms with Crippen LogP contribution in [-0.2, 0) is 0 Å². The third kappa shape index (κ3) is 3.23. The van der Waals surface area contributed by atoms with Crippen molar-refractivity contribution in [2.75, 3.05) is 6.61 Å². The zero-order chi connectivity index (χ0) is 13.0. The van der Waals surface area contributed by atoms with E-state index < -0.39 is 18.2 Å². The van der Waals surface area contributed by atoms with Gasteiger partial charge in [0.1, 0.15) is 6.10 Å². The molecule has 0 amide bonds. The summed E-state index contributed by atoms with van der Waals surface area (Å²) in [7, 11) is 0. The van der Waals surface area contributed by atoms with Crippen LogP contribution in [0.2, 0.25) is 0 Å². The van der Waals surface area contributed by atoms with Crippen LogP contribution in [0, 0.1) is 6.92 Å². The first kappa shape index (κ1) is 13.6. The van der Waals surface area contributed by atoms with Crippen LogP contribution in [0.3, 0.4) is 0 Å². The number of rotatable bonds is 5. The SMILES string of the molecule is Cc1cc(C(O)C(O)CCO)cnc1C(=O)O. The van der Waals surface area contributed by atoms with Crippen molar-refractivity contribution in [1.29, 1.82) is 0 Å². The van der Waals surface area contributed by atoms with Crippen LogP contribution in [0.15, 0.2) is 12.3 Å². The van der Waals surface area contributed by atoms with Crippen LogP contribution in [0.1, 0.15) is 34.1 Å². The molecule has 2 atom stereocenters. The van der Waals surface area contributed by atoms with E-state index in [9.17, 15) is 15.0 Å². The monoisotopic (exact) mass is 241 g/mol. The third-order valence-corrected chi connectivity index (χ3v) is 2.43. The van der Waals surface area contributed by atoms with Crippen molar-refractivity contribution in [1.82, 2.24) is 4.98 Å². The normalized spacial score (nSPS) is 14.4. The molecule has 1 heterocycles. The summed E-state index contributed by atoms with van der Waals surface area (Å²) in [6.07, 6.45) is -1.03. The molecule has 0 bridgehead atoms. The molecule has 17 heavy (non-hydrogen) atoms. The Morgan fingerprint density at radius 2 is 2.12 bits per heavy atom. The zero-order valence-corrected chi connectivity index (χ0v) is 9.37. The van der Waals surface area contributed by atoms with Crippen LogP contribution in [0.5, 0.6) is 0 Å². The summed E-state index contributed by atoms with van der Waals surface area (Å²) in [4.78, 5) is 14.4. The summed E-state index contributed by atoms with van der Waals surface area (Å²) in [6, 6.07) is 1.46. The second-order valence-corrected chi connectivity index (χ2v) is 3.76. The van der Waals surface area contributed by atoms with Crippen molar-refractivity contribution in [3.8, 4) is 0 Å². The van der Waals surface area contributed by atoms with E-state index in [0.29, 0.717) is 11.1 Å². The minimum atomic E-state index is -1.18. The highest BCUT2D eigenvalue weighted by molar-refractivity contribution is 5.86. The van der Waals surface area contributed by atoms with Crippen LogP contribution < -0.4 is 0 Å². The lowest BCUT2D eigenvalue weighted by atomic mass is 10.0. The molecule has 0 aliphatic rings. The molecule has 2 unspecified atom stereocenters. The largest absolute Gasteiger partial charge is 0.477 e. The molecule has 94 valence electrons. The maximum atomic E-state index is 10.7. The fourth-order valence-electron chi connectivity index (χ4n) is 1.49. The fraction of sp³-hybridized carbons (Fsp3) is 0.455. The lowest BCUT2D eigenvalue weighted by Gasteiger charge is -2.17. The van der Waals surface area contributed by atoms with E-state index in [1.54, 1.807) is 6.92 Å². The number of carbonyl (C=O) groups is 1. The molecule has 0 saturated heterocycles. The first-order chi connectivity index (χ1) is 7.97. The van der Waals surface area contributed by atoms with Gasteiger partial charge in [-0.25, -0.2) is 9.78 Å². The van der Waals surface area contributed by atoms with Crippen molar-refractivity contribution in [3.63, 3.8) is 0 Å². The lowest BCUT2D eigenvalue weighted by Crippen LogP contribution is -2.20. The van der Waals surface area contributed by atoms with Gasteiger partial charge in [0, 0.05) is 18.4 Å². The fourth-order valence-corrected chi connectivity index (χ4v) is 1.49.